The van der Waals surface area contributed by atoms with Gasteiger partial charge in [0.1, 0.15) is 69.8 Å². The van der Waals surface area contributed by atoms with E-state index in [1.807, 2.05) is 0 Å². The Labute approximate surface area is 466 Å². The number of aliphatic imine (C=N–C) groups is 2. The molecule has 0 aliphatic carbocycles. The third-order valence-electron chi connectivity index (χ3n) is 14.5. The molecular weight excluding hydrogens is 1100 g/mol. The zero-order chi connectivity index (χ0) is 58.2. The molecule has 4 aromatic heterocycles. The molecule has 0 saturated heterocycles. The van der Waals surface area contributed by atoms with E-state index in [0.29, 0.717) is 0 Å². The molecule has 84 heavy (non-hydrogen) atoms. The minimum atomic E-state index is -1.09. The molecular formula is C66H34F12N6. The standard InChI is InChI=1S/C66H34F12N6/c67-31-7-1-8-32(68)55(31)61-43-19-21-45(79-43)62(56-33(69)9-2-10-34(56)70)47-23-25-49(81-47)64(58-37(73)13-4-14-38(58)74)51-27-29-53(83-51)66(60-41(77)17-6-18-42(60)78)54-30-28-52(84-54)65(59-39(75)15-5-16-40(59)76)50-26-24-48(82-50)63(46-22-20-44(61)80-46)57-35(71)11-3-12-36(57)72/h1-30,79-80,83-84H. The van der Waals surface area contributed by atoms with Gasteiger partial charge < -0.3 is 19.9 Å². The van der Waals surface area contributed by atoms with E-state index in [4.69, 9.17) is 9.98 Å². The van der Waals surface area contributed by atoms with Crippen molar-refractivity contribution in [3.05, 3.63) is 341 Å². The zero-order valence-electron chi connectivity index (χ0n) is 42.8. The number of hydrogen-bond donors (Lipinski definition) is 4. The fraction of sp³-hybridized carbons (Fsp3) is 0. The first-order chi connectivity index (χ1) is 40.6. The molecule has 13 rings (SSSR count). The number of rotatable bonds is 6. The van der Waals surface area contributed by atoms with Crippen LogP contribution in [0.3, 0.4) is 0 Å². The summed E-state index contributed by atoms with van der Waals surface area (Å²) in [4.78, 5) is 21.7. The van der Waals surface area contributed by atoms with E-state index in [9.17, 15) is 0 Å². The molecule has 18 heteroatoms. The van der Waals surface area contributed by atoms with Gasteiger partial charge in [0.25, 0.3) is 0 Å². The van der Waals surface area contributed by atoms with Crippen LogP contribution in [0.4, 0.5) is 52.7 Å². The van der Waals surface area contributed by atoms with Crippen LogP contribution < -0.4 is 21.4 Å². The third-order valence-corrected chi connectivity index (χ3v) is 14.5. The number of nitrogens with zero attached hydrogens (tertiary/aromatic N) is 2. The molecule has 0 atom stereocenters. The highest BCUT2D eigenvalue weighted by Crippen LogP contribution is 2.39. The minimum Gasteiger partial charge on any atom is -0.354 e. The predicted molar refractivity (Wildman–Crippen MR) is 293 cm³/mol. The fourth-order valence-corrected chi connectivity index (χ4v) is 10.9. The van der Waals surface area contributed by atoms with E-state index in [1.54, 1.807) is 0 Å². The number of aromatic amines is 4. The molecule has 6 nitrogen and oxygen atoms in total. The normalized spacial score (nSPS) is 14.3. The van der Waals surface area contributed by atoms with Gasteiger partial charge in [0, 0.05) is 77.6 Å². The molecule has 0 unspecified atom stereocenters. The summed E-state index contributed by atoms with van der Waals surface area (Å²) in [6.07, 6.45) is 5.23. The highest BCUT2D eigenvalue weighted by atomic mass is 19.2. The number of hydrogen-bond acceptors (Lipinski definition) is 2. The van der Waals surface area contributed by atoms with Gasteiger partial charge >= 0.3 is 0 Å². The summed E-state index contributed by atoms with van der Waals surface area (Å²) in [6.45, 7) is 0. The lowest BCUT2D eigenvalue weighted by Crippen LogP contribution is -2.21. The highest BCUT2D eigenvalue weighted by molar-refractivity contribution is 6.31. The molecule has 0 saturated carbocycles. The molecule has 12 bridgehead atoms. The number of benzene rings is 6. The summed E-state index contributed by atoms with van der Waals surface area (Å²) < 4.78 is 196. The molecule has 6 aromatic carbocycles. The van der Waals surface area contributed by atoms with Gasteiger partial charge in [0.2, 0.25) is 0 Å². The summed E-state index contributed by atoms with van der Waals surface area (Å²) >= 11 is 0. The molecule has 0 amide bonds. The number of halogens is 12. The monoisotopic (exact) mass is 1140 g/mol. The number of fused-ring (bicyclic) bond motifs is 10. The van der Waals surface area contributed by atoms with Gasteiger partial charge in [-0.05, 0) is 146 Å². The Morgan fingerprint density at radius 2 is 0.429 bits per heavy atom. The average Bonchev–Trinajstić information content (AvgIpc) is 2.73. The summed E-state index contributed by atoms with van der Waals surface area (Å²) in [5.74, 6) is -13.1. The number of nitrogens with one attached hydrogen (secondary N) is 4. The Morgan fingerprint density at radius 1 is 0.214 bits per heavy atom. The van der Waals surface area contributed by atoms with Crippen LogP contribution in [0.5, 0.6) is 0 Å². The van der Waals surface area contributed by atoms with Crippen molar-refractivity contribution in [3.8, 4) is 0 Å². The summed E-state index contributed by atoms with van der Waals surface area (Å²) in [5, 5.41) is -0.419. The van der Waals surface area contributed by atoms with Crippen molar-refractivity contribution < 1.29 is 52.7 Å². The van der Waals surface area contributed by atoms with Crippen molar-refractivity contribution in [2.75, 3.05) is 0 Å². The van der Waals surface area contributed by atoms with Crippen LogP contribution in [0.25, 0.3) is 33.4 Å². The van der Waals surface area contributed by atoms with E-state index in [1.165, 1.54) is 72.8 Å². The Morgan fingerprint density at radius 3 is 0.690 bits per heavy atom. The number of aromatic nitrogens is 4. The van der Waals surface area contributed by atoms with Gasteiger partial charge in [0.05, 0.1) is 56.2 Å². The van der Waals surface area contributed by atoms with Gasteiger partial charge in [-0.15, -0.1) is 0 Å². The van der Waals surface area contributed by atoms with Crippen molar-refractivity contribution in [1.29, 1.82) is 0 Å². The van der Waals surface area contributed by atoms with Crippen LogP contribution >= 0.6 is 0 Å². The van der Waals surface area contributed by atoms with Crippen molar-refractivity contribution in [1.82, 2.24) is 19.9 Å². The lowest BCUT2D eigenvalue weighted by atomic mass is 9.99. The molecule has 0 spiro atoms. The van der Waals surface area contributed by atoms with Crippen LogP contribution in [-0.4, -0.2) is 31.4 Å². The van der Waals surface area contributed by atoms with E-state index in [0.717, 1.165) is 109 Å². The first-order valence-electron chi connectivity index (χ1n) is 25.6. The maximum Gasteiger partial charge on any atom is 0.134 e. The van der Waals surface area contributed by atoms with Gasteiger partial charge in [-0.1, -0.05) is 36.4 Å². The Hall–Kier alpha value is -10.6. The molecule has 0 fully saturated rings. The maximum atomic E-state index is 16.4. The minimum absolute atomic E-state index is 0.0976. The van der Waals surface area contributed by atoms with E-state index < -0.39 is 103 Å². The van der Waals surface area contributed by atoms with Crippen molar-refractivity contribution in [3.63, 3.8) is 0 Å². The summed E-state index contributed by atoms with van der Waals surface area (Å²) in [5.41, 5.74) is -6.77. The second kappa shape index (κ2) is 20.7. The van der Waals surface area contributed by atoms with E-state index in [2.05, 4.69) is 19.9 Å². The lowest BCUT2D eigenvalue weighted by Gasteiger charge is -2.13. The van der Waals surface area contributed by atoms with E-state index >= 15 is 52.7 Å². The first kappa shape index (κ1) is 52.7. The number of H-pyrrole nitrogens is 4. The van der Waals surface area contributed by atoms with Gasteiger partial charge in [-0.2, -0.15) is 0 Å². The maximum absolute atomic E-state index is 16.4. The Bertz CT molecular complexity index is 4510. The molecule has 10 aromatic rings. The average molecular weight is 1140 g/mol. The molecule has 4 N–H and O–H groups in total. The van der Waals surface area contributed by atoms with Crippen molar-refractivity contribution in [2.24, 2.45) is 9.98 Å². The fourth-order valence-electron chi connectivity index (χ4n) is 10.9. The molecule has 3 aliphatic heterocycles. The quantitative estimate of drug-likeness (QED) is 0.120. The Balaban J connectivity index is 1.21. The topological polar surface area (TPSA) is 87.9 Å². The van der Waals surface area contributed by atoms with Crippen LogP contribution in [0.2, 0.25) is 0 Å². The smallest absolute Gasteiger partial charge is 0.134 e. The largest absolute Gasteiger partial charge is 0.354 e. The second-order valence-corrected chi connectivity index (χ2v) is 19.4. The SMILES string of the molecule is Fc1cccc(F)c1C1=C2C=CC(=N2)C(c2c(F)cccc2F)=c2ccc([nH]2)=C(c2c(F)cccc2F)c2ccc([nH]2)C(c2c(F)cccc2F)=C2C=CC(=N2)C(c2c(F)cccc2F)=c2ccc([nH]2)=C(c2c(F)cccc2F)c2ccc1[nH]2. The van der Waals surface area contributed by atoms with Crippen LogP contribution in [0.1, 0.15) is 56.2 Å². The van der Waals surface area contributed by atoms with Gasteiger partial charge in [-0.3, -0.25) is 0 Å². The summed E-state index contributed by atoms with van der Waals surface area (Å²) in [6, 6.07) is 29.1. The molecule has 7 heterocycles. The molecule has 412 valence electrons. The molecule has 3 aliphatic rings. The predicted octanol–water partition coefficient (Wildman–Crippen LogP) is 12.8. The van der Waals surface area contributed by atoms with Crippen LogP contribution in [0.15, 0.2) is 203 Å². The highest BCUT2D eigenvalue weighted by Gasteiger charge is 2.30. The zero-order valence-corrected chi connectivity index (χ0v) is 42.8. The van der Waals surface area contributed by atoms with Crippen LogP contribution in [-0.2, 0) is 0 Å². The van der Waals surface area contributed by atoms with Gasteiger partial charge in [-0.25, -0.2) is 62.7 Å². The third kappa shape index (κ3) is 8.89. The molecule has 0 radical (unpaired) electrons. The number of allylic oxidation sites excluding steroid dienone is 4. The first-order valence-corrected chi connectivity index (χ1v) is 25.6. The van der Waals surface area contributed by atoms with Crippen molar-refractivity contribution in [2.45, 2.75) is 0 Å². The second-order valence-electron chi connectivity index (χ2n) is 19.4. The Kier molecular flexibility index (Phi) is 13.0. The van der Waals surface area contributed by atoms with Crippen molar-refractivity contribution >= 4 is 44.9 Å². The summed E-state index contributed by atoms with van der Waals surface area (Å²) in [7, 11) is 0. The lowest BCUT2D eigenvalue weighted by molar-refractivity contribution is 0.576. The van der Waals surface area contributed by atoms with Gasteiger partial charge in [0.15, 0.2) is 0 Å². The van der Waals surface area contributed by atoms with E-state index in [-0.39, 0.29) is 100 Å². The van der Waals surface area contributed by atoms with Crippen LogP contribution in [0, 0.1) is 69.8 Å².